The summed E-state index contributed by atoms with van der Waals surface area (Å²) in [5.41, 5.74) is 5.63. The van der Waals surface area contributed by atoms with E-state index in [1.54, 1.807) is 13.8 Å². The molecule has 4 N–H and O–H groups in total. The van der Waals surface area contributed by atoms with E-state index < -0.39 is 29.5 Å². The van der Waals surface area contributed by atoms with Crippen LogP contribution in [-0.4, -0.2) is 37.6 Å². The second-order valence-electron chi connectivity index (χ2n) is 5.26. The van der Waals surface area contributed by atoms with Crippen LogP contribution in [0.2, 0.25) is 0 Å². The predicted octanol–water partition coefficient (Wildman–Crippen LogP) is 0.559. The number of hydrogen-bond donors (Lipinski definition) is 3. The Morgan fingerprint density at radius 1 is 1.22 bits per heavy atom. The van der Waals surface area contributed by atoms with E-state index in [0.29, 0.717) is 0 Å². The van der Waals surface area contributed by atoms with Crippen LogP contribution in [0.25, 0.3) is 0 Å². The van der Waals surface area contributed by atoms with Gasteiger partial charge in [-0.3, -0.25) is 9.59 Å². The first kappa shape index (κ1) is 18.8. The largest absolute Gasteiger partial charge is 0.492 e. The van der Waals surface area contributed by atoms with Crippen LogP contribution in [-0.2, 0) is 9.59 Å². The van der Waals surface area contributed by atoms with Crippen LogP contribution in [0.5, 0.6) is 5.75 Å². The van der Waals surface area contributed by atoms with E-state index in [9.17, 15) is 18.4 Å². The summed E-state index contributed by atoms with van der Waals surface area (Å²) >= 11 is 0. The molecule has 2 amide bonds. The lowest BCUT2D eigenvalue weighted by Gasteiger charge is -2.15. The van der Waals surface area contributed by atoms with Gasteiger partial charge in [0.1, 0.15) is 12.4 Å². The normalized spacial score (nSPS) is 11.9. The SMILES string of the molecule is CC(C)[C@H](N)C(=O)NCC(=O)NCCOc1ccc(F)c(F)c1. The van der Waals surface area contributed by atoms with Crippen molar-refractivity contribution in [2.75, 3.05) is 19.7 Å². The van der Waals surface area contributed by atoms with Gasteiger partial charge in [0.15, 0.2) is 11.6 Å². The average molecular weight is 329 g/mol. The first-order valence-corrected chi connectivity index (χ1v) is 7.19. The number of amides is 2. The minimum absolute atomic E-state index is 0.0254. The number of nitrogens with two attached hydrogens (primary N) is 1. The van der Waals surface area contributed by atoms with Crippen LogP contribution in [0.3, 0.4) is 0 Å². The fourth-order valence-electron chi connectivity index (χ4n) is 1.58. The molecule has 8 heteroatoms. The van der Waals surface area contributed by atoms with Crippen molar-refractivity contribution in [3.8, 4) is 5.75 Å². The Bertz CT molecular complexity index is 553. The van der Waals surface area contributed by atoms with Crippen molar-refractivity contribution in [2.45, 2.75) is 19.9 Å². The number of benzene rings is 1. The van der Waals surface area contributed by atoms with Crippen LogP contribution in [0, 0.1) is 17.6 Å². The summed E-state index contributed by atoms with van der Waals surface area (Å²) in [5.74, 6) is -2.62. The Labute approximate surface area is 133 Å². The molecule has 0 aliphatic rings. The number of carbonyl (C=O) groups excluding carboxylic acids is 2. The molecular weight excluding hydrogens is 308 g/mol. The molecular formula is C15H21F2N3O3. The quantitative estimate of drug-likeness (QED) is 0.608. The molecule has 1 rings (SSSR count). The van der Waals surface area contributed by atoms with Crippen molar-refractivity contribution in [3.05, 3.63) is 29.8 Å². The van der Waals surface area contributed by atoms with Gasteiger partial charge in [-0.05, 0) is 18.1 Å². The smallest absolute Gasteiger partial charge is 0.239 e. The number of hydrogen-bond acceptors (Lipinski definition) is 4. The highest BCUT2D eigenvalue weighted by Gasteiger charge is 2.17. The third kappa shape index (κ3) is 6.60. The summed E-state index contributed by atoms with van der Waals surface area (Å²) in [6.07, 6.45) is 0. The third-order valence-corrected chi connectivity index (χ3v) is 3.03. The van der Waals surface area contributed by atoms with Crippen LogP contribution < -0.4 is 21.1 Å². The summed E-state index contributed by atoms with van der Waals surface area (Å²) in [5, 5.41) is 4.94. The highest BCUT2D eigenvalue weighted by Crippen LogP contribution is 2.14. The first-order chi connectivity index (χ1) is 10.8. The molecule has 0 aliphatic heterocycles. The average Bonchev–Trinajstić information content (AvgIpc) is 2.51. The first-order valence-electron chi connectivity index (χ1n) is 7.19. The van der Waals surface area contributed by atoms with Gasteiger partial charge in [0, 0.05) is 6.07 Å². The molecule has 128 valence electrons. The molecule has 0 spiro atoms. The fourth-order valence-corrected chi connectivity index (χ4v) is 1.58. The van der Waals surface area contributed by atoms with Gasteiger partial charge >= 0.3 is 0 Å². The molecule has 0 saturated carbocycles. The zero-order chi connectivity index (χ0) is 17.4. The molecule has 0 bridgehead atoms. The van der Waals surface area contributed by atoms with Crippen molar-refractivity contribution in [1.82, 2.24) is 10.6 Å². The third-order valence-electron chi connectivity index (χ3n) is 3.03. The Kier molecular flexibility index (Phi) is 7.40. The van der Waals surface area contributed by atoms with Crippen molar-refractivity contribution >= 4 is 11.8 Å². The van der Waals surface area contributed by atoms with Gasteiger partial charge in [-0.1, -0.05) is 13.8 Å². The van der Waals surface area contributed by atoms with Gasteiger partial charge in [0.25, 0.3) is 0 Å². The summed E-state index contributed by atoms with van der Waals surface area (Å²) < 4.78 is 30.8. The molecule has 0 heterocycles. The van der Waals surface area contributed by atoms with Crippen molar-refractivity contribution in [1.29, 1.82) is 0 Å². The Hall–Kier alpha value is -2.22. The number of nitrogens with one attached hydrogen (secondary N) is 2. The molecule has 0 saturated heterocycles. The highest BCUT2D eigenvalue weighted by molar-refractivity contribution is 5.87. The molecule has 0 aromatic heterocycles. The Morgan fingerprint density at radius 3 is 2.52 bits per heavy atom. The van der Waals surface area contributed by atoms with Crippen molar-refractivity contribution < 1.29 is 23.1 Å². The summed E-state index contributed by atoms with van der Waals surface area (Å²) in [7, 11) is 0. The van der Waals surface area contributed by atoms with Crippen molar-refractivity contribution in [3.63, 3.8) is 0 Å². The number of carbonyl (C=O) groups is 2. The summed E-state index contributed by atoms with van der Waals surface area (Å²) in [6, 6.07) is 2.49. The maximum Gasteiger partial charge on any atom is 0.239 e. The predicted molar refractivity (Wildman–Crippen MR) is 80.7 cm³/mol. The van der Waals surface area contributed by atoms with E-state index >= 15 is 0 Å². The van der Waals surface area contributed by atoms with Crippen LogP contribution in [0.4, 0.5) is 8.78 Å². The molecule has 1 aromatic rings. The molecule has 23 heavy (non-hydrogen) atoms. The van der Waals surface area contributed by atoms with Crippen molar-refractivity contribution in [2.24, 2.45) is 11.7 Å². The van der Waals surface area contributed by atoms with Crippen LogP contribution in [0.15, 0.2) is 18.2 Å². The second kappa shape index (κ2) is 9.04. The molecule has 0 radical (unpaired) electrons. The number of rotatable bonds is 8. The van der Waals surface area contributed by atoms with Gasteiger partial charge in [0.2, 0.25) is 11.8 Å². The monoisotopic (exact) mass is 329 g/mol. The lowest BCUT2D eigenvalue weighted by atomic mass is 10.1. The lowest BCUT2D eigenvalue weighted by Crippen LogP contribution is -2.47. The lowest BCUT2D eigenvalue weighted by molar-refractivity contribution is -0.127. The summed E-state index contributed by atoms with van der Waals surface area (Å²) in [6.45, 7) is 3.66. The van der Waals surface area contributed by atoms with Gasteiger partial charge in [0.05, 0.1) is 19.1 Å². The molecule has 6 nitrogen and oxygen atoms in total. The van der Waals surface area contributed by atoms with E-state index in [1.165, 1.54) is 6.07 Å². The van der Waals surface area contributed by atoms with E-state index in [2.05, 4.69) is 10.6 Å². The maximum absolute atomic E-state index is 12.9. The molecule has 1 atom stereocenters. The minimum Gasteiger partial charge on any atom is -0.492 e. The number of ether oxygens (including phenoxy) is 1. The zero-order valence-electron chi connectivity index (χ0n) is 13.1. The second-order valence-corrected chi connectivity index (χ2v) is 5.26. The van der Waals surface area contributed by atoms with Gasteiger partial charge in [-0.15, -0.1) is 0 Å². The van der Waals surface area contributed by atoms with E-state index in [-0.39, 0.29) is 31.4 Å². The molecule has 0 fully saturated rings. The van der Waals surface area contributed by atoms with Gasteiger partial charge in [-0.25, -0.2) is 8.78 Å². The van der Waals surface area contributed by atoms with E-state index in [0.717, 1.165) is 12.1 Å². The zero-order valence-corrected chi connectivity index (χ0v) is 13.1. The van der Waals surface area contributed by atoms with E-state index in [1.807, 2.05) is 0 Å². The highest BCUT2D eigenvalue weighted by atomic mass is 19.2. The standard InChI is InChI=1S/C15H21F2N3O3/c1-9(2)14(18)15(22)20-8-13(21)19-5-6-23-10-3-4-11(16)12(17)7-10/h3-4,7,9,14H,5-6,8,18H2,1-2H3,(H,19,21)(H,20,22)/t14-/m0/s1. The van der Waals surface area contributed by atoms with Gasteiger partial charge < -0.3 is 21.1 Å². The topological polar surface area (TPSA) is 93.5 Å². The molecule has 1 aromatic carbocycles. The maximum atomic E-state index is 12.9. The van der Waals surface area contributed by atoms with Crippen LogP contribution >= 0.6 is 0 Å². The van der Waals surface area contributed by atoms with Crippen LogP contribution in [0.1, 0.15) is 13.8 Å². The fraction of sp³-hybridized carbons (Fsp3) is 0.467. The number of halogens is 2. The van der Waals surface area contributed by atoms with E-state index in [4.69, 9.17) is 10.5 Å². The Balaban J connectivity index is 2.21. The van der Waals surface area contributed by atoms with Gasteiger partial charge in [-0.2, -0.15) is 0 Å². The minimum atomic E-state index is -1.00. The molecule has 0 unspecified atom stereocenters. The Morgan fingerprint density at radius 2 is 1.91 bits per heavy atom. The molecule has 0 aliphatic carbocycles. The summed E-state index contributed by atoms with van der Waals surface area (Å²) in [4.78, 5) is 23.1.